The molecule has 2 aromatic heterocycles. The molecule has 0 aliphatic carbocycles. The molecular formula is C20H22N6O2. The smallest absolute Gasteiger partial charge is 0.255 e. The van der Waals surface area contributed by atoms with Gasteiger partial charge in [0, 0.05) is 25.7 Å². The highest BCUT2D eigenvalue weighted by Gasteiger charge is 2.29. The Balaban J connectivity index is 1.37. The first-order chi connectivity index (χ1) is 13.6. The maximum atomic E-state index is 12.6. The quantitative estimate of drug-likeness (QED) is 0.678. The van der Waals surface area contributed by atoms with Gasteiger partial charge in [-0.05, 0) is 12.5 Å². The van der Waals surface area contributed by atoms with Gasteiger partial charge in [0.2, 0.25) is 0 Å². The van der Waals surface area contributed by atoms with E-state index >= 15 is 0 Å². The number of fused-ring (bicyclic) bond motifs is 1. The van der Waals surface area contributed by atoms with Gasteiger partial charge in [-0.15, -0.1) is 0 Å². The second kappa shape index (κ2) is 7.67. The zero-order valence-corrected chi connectivity index (χ0v) is 15.6. The first-order valence-corrected chi connectivity index (χ1v) is 9.34. The Morgan fingerprint density at radius 3 is 2.71 bits per heavy atom. The number of carbonyl (C=O) groups is 2. The minimum atomic E-state index is -0.162. The lowest BCUT2D eigenvalue weighted by Gasteiger charge is -2.10. The van der Waals surface area contributed by atoms with Crippen molar-refractivity contribution in [2.24, 2.45) is 0 Å². The number of rotatable bonds is 6. The molecule has 1 aliphatic rings. The van der Waals surface area contributed by atoms with Crippen molar-refractivity contribution >= 4 is 11.8 Å². The predicted molar refractivity (Wildman–Crippen MR) is 103 cm³/mol. The van der Waals surface area contributed by atoms with E-state index < -0.39 is 0 Å². The number of carbonyl (C=O) groups excluding carboxylic acids is 2. The molecular weight excluding hydrogens is 356 g/mol. The highest BCUT2D eigenvalue weighted by molar-refractivity contribution is 5.95. The Labute approximate surface area is 162 Å². The van der Waals surface area contributed by atoms with Gasteiger partial charge in [0.05, 0.1) is 41.8 Å². The summed E-state index contributed by atoms with van der Waals surface area (Å²) in [6.45, 7) is 3.70. The number of aryl methyl sites for hydroxylation is 1. The van der Waals surface area contributed by atoms with E-state index in [1.807, 2.05) is 37.3 Å². The molecule has 0 spiro atoms. The minimum absolute atomic E-state index is 0.0955. The van der Waals surface area contributed by atoms with E-state index in [-0.39, 0.29) is 17.9 Å². The summed E-state index contributed by atoms with van der Waals surface area (Å²) in [7, 11) is 0. The molecule has 0 saturated carbocycles. The fourth-order valence-electron chi connectivity index (χ4n) is 3.37. The summed E-state index contributed by atoms with van der Waals surface area (Å²) in [6.07, 6.45) is 5.46. The van der Waals surface area contributed by atoms with Crippen LogP contribution in [-0.4, -0.2) is 37.4 Å². The van der Waals surface area contributed by atoms with Gasteiger partial charge in [0.25, 0.3) is 11.8 Å². The van der Waals surface area contributed by atoms with Gasteiger partial charge in [-0.3, -0.25) is 19.0 Å². The molecule has 0 radical (unpaired) electrons. The third-order valence-electron chi connectivity index (χ3n) is 4.88. The topological polar surface area (TPSA) is 93.8 Å². The van der Waals surface area contributed by atoms with Crippen LogP contribution in [-0.2, 0) is 26.1 Å². The molecule has 0 unspecified atom stereocenters. The van der Waals surface area contributed by atoms with Crippen molar-refractivity contribution in [1.82, 2.24) is 30.2 Å². The largest absolute Gasteiger partial charge is 0.348 e. The van der Waals surface area contributed by atoms with E-state index in [0.717, 1.165) is 11.3 Å². The fourth-order valence-corrected chi connectivity index (χ4v) is 3.37. The van der Waals surface area contributed by atoms with E-state index in [1.165, 1.54) is 0 Å². The standard InChI is InChI=1S/C20H22N6O2/c1-2-25-12-15(10-22-25)19(27)24-16-8-18-17(11-23-26(18)13-16)20(28)21-9-14-6-4-3-5-7-14/h3-7,10-12,16H,2,8-9,13H2,1H3,(H,21,28)(H,24,27)/t16-/m0/s1. The normalized spacial score (nSPS) is 15.2. The lowest BCUT2D eigenvalue weighted by molar-refractivity contribution is 0.0934. The van der Waals surface area contributed by atoms with Crippen LogP contribution in [0.3, 0.4) is 0 Å². The zero-order chi connectivity index (χ0) is 19.5. The summed E-state index contributed by atoms with van der Waals surface area (Å²) in [5, 5.41) is 14.4. The lowest BCUT2D eigenvalue weighted by Crippen LogP contribution is -2.36. The van der Waals surface area contributed by atoms with Crippen LogP contribution in [0.1, 0.15) is 38.9 Å². The van der Waals surface area contributed by atoms with Crippen LogP contribution >= 0.6 is 0 Å². The monoisotopic (exact) mass is 378 g/mol. The van der Waals surface area contributed by atoms with Gasteiger partial charge in [-0.1, -0.05) is 30.3 Å². The molecule has 8 heteroatoms. The van der Waals surface area contributed by atoms with Crippen LogP contribution in [0.2, 0.25) is 0 Å². The van der Waals surface area contributed by atoms with Crippen molar-refractivity contribution in [3.8, 4) is 0 Å². The number of nitrogens with zero attached hydrogens (tertiary/aromatic N) is 4. The van der Waals surface area contributed by atoms with Crippen molar-refractivity contribution in [2.45, 2.75) is 39.0 Å². The molecule has 2 amide bonds. The van der Waals surface area contributed by atoms with Crippen LogP contribution in [0.15, 0.2) is 48.9 Å². The molecule has 0 bridgehead atoms. The van der Waals surface area contributed by atoms with E-state index in [9.17, 15) is 9.59 Å². The summed E-state index contributed by atoms with van der Waals surface area (Å²) in [5.41, 5.74) is 2.98. The number of hydrogen-bond acceptors (Lipinski definition) is 4. The summed E-state index contributed by atoms with van der Waals surface area (Å²) in [6, 6.07) is 9.66. The number of aromatic nitrogens is 4. The van der Waals surface area contributed by atoms with Crippen LogP contribution in [0.4, 0.5) is 0 Å². The second-order valence-corrected chi connectivity index (χ2v) is 6.81. The van der Waals surface area contributed by atoms with Crippen LogP contribution in [0.25, 0.3) is 0 Å². The average molecular weight is 378 g/mol. The molecule has 144 valence electrons. The van der Waals surface area contributed by atoms with Gasteiger partial charge in [0.1, 0.15) is 0 Å². The van der Waals surface area contributed by atoms with Crippen molar-refractivity contribution in [3.05, 3.63) is 71.3 Å². The van der Waals surface area contributed by atoms with Gasteiger partial charge in [-0.2, -0.15) is 10.2 Å². The molecule has 3 heterocycles. The van der Waals surface area contributed by atoms with E-state index in [2.05, 4.69) is 20.8 Å². The highest BCUT2D eigenvalue weighted by atomic mass is 16.2. The van der Waals surface area contributed by atoms with Gasteiger partial charge < -0.3 is 10.6 Å². The van der Waals surface area contributed by atoms with Gasteiger partial charge >= 0.3 is 0 Å². The molecule has 0 fully saturated rings. The molecule has 2 N–H and O–H groups in total. The van der Waals surface area contributed by atoms with E-state index in [1.54, 1.807) is 28.0 Å². The van der Waals surface area contributed by atoms with Crippen molar-refractivity contribution in [3.63, 3.8) is 0 Å². The van der Waals surface area contributed by atoms with Crippen molar-refractivity contribution in [2.75, 3.05) is 0 Å². The van der Waals surface area contributed by atoms with Crippen molar-refractivity contribution in [1.29, 1.82) is 0 Å². The molecule has 3 aromatic rings. The Bertz CT molecular complexity index is 991. The minimum Gasteiger partial charge on any atom is -0.348 e. The number of amides is 2. The van der Waals surface area contributed by atoms with Crippen LogP contribution < -0.4 is 10.6 Å². The van der Waals surface area contributed by atoms with E-state index in [4.69, 9.17) is 0 Å². The molecule has 4 rings (SSSR count). The second-order valence-electron chi connectivity index (χ2n) is 6.81. The molecule has 28 heavy (non-hydrogen) atoms. The SMILES string of the molecule is CCn1cc(C(=O)N[C@H]2Cc3c(C(=O)NCc4ccccc4)cnn3C2)cn1. The predicted octanol–water partition coefficient (Wildman–Crippen LogP) is 1.38. The molecule has 1 aliphatic heterocycles. The Kier molecular flexibility index (Phi) is 4.92. The average Bonchev–Trinajstić information content (AvgIpc) is 3.42. The summed E-state index contributed by atoms with van der Waals surface area (Å²) in [4.78, 5) is 25.0. The Morgan fingerprint density at radius 1 is 1.14 bits per heavy atom. The summed E-state index contributed by atoms with van der Waals surface area (Å²) in [5.74, 6) is -0.313. The first-order valence-electron chi connectivity index (χ1n) is 9.34. The Morgan fingerprint density at radius 2 is 1.96 bits per heavy atom. The number of hydrogen-bond donors (Lipinski definition) is 2. The molecule has 8 nitrogen and oxygen atoms in total. The van der Waals surface area contributed by atoms with Crippen LogP contribution in [0.5, 0.6) is 0 Å². The van der Waals surface area contributed by atoms with E-state index in [0.29, 0.717) is 37.2 Å². The van der Waals surface area contributed by atoms with Gasteiger partial charge in [-0.25, -0.2) is 0 Å². The maximum Gasteiger partial charge on any atom is 0.255 e. The third-order valence-corrected chi connectivity index (χ3v) is 4.88. The molecule has 1 aromatic carbocycles. The summed E-state index contributed by atoms with van der Waals surface area (Å²) < 4.78 is 3.50. The molecule has 1 atom stereocenters. The maximum absolute atomic E-state index is 12.6. The van der Waals surface area contributed by atoms with Crippen molar-refractivity contribution < 1.29 is 9.59 Å². The number of nitrogens with one attached hydrogen (secondary N) is 2. The lowest BCUT2D eigenvalue weighted by atomic mass is 10.1. The molecule has 0 saturated heterocycles. The zero-order valence-electron chi connectivity index (χ0n) is 15.6. The highest BCUT2D eigenvalue weighted by Crippen LogP contribution is 2.19. The first kappa shape index (κ1) is 18.0. The Hall–Kier alpha value is -3.42. The third kappa shape index (κ3) is 3.66. The van der Waals surface area contributed by atoms with Crippen LogP contribution in [0, 0.1) is 0 Å². The number of benzene rings is 1. The van der Waals surface area contributed by atoms with Gasteiger partial charge in [0.15, 0.2) is 0 Å². The fraction of sp³-hybridized carbons (Fsp3) is 0.300. The summed E-state index contributed by atoms with van der Waals surface area (Å²) >= 11 is 0.